The van der Waals surface area contributed by atoms with Gasteiger partial charge in [0, 0.05) is 28.9 Å². The summed E-state index contributed by atoms with van der Waals surface area (Å²) < 4.78 is 16.0. The Balaban J connectivity index is 2.06. The van der Waals surface area contributed by atoms with Gasteiger partial charge >= 0.3 is 0 Å². The van der Waals surface area contributed by atoms with E-state index in [-0.39, 0.29) is 40.6 Å². The molecule has 7 nitrogen and oxygen atoms in total. The summed E-state index contributed by atoms with van der Waals surface area (Å²) in [6.45, 7) is 3.34. The molecule has 1 heterocycles. The number of ether oxygens (including phenoxy) is 3. The van der Waals surface area contributed by atoms with Crippen molar-refractivity contribution in [1.29, 1.82) is 0 Å². The van der Waals surface area contributed by atoms with Crippen LogP contribution in [-0.2, 0) is 14.3 Å². The standard InChI is InChI=1S/C19H18O7/c1-8-17(23)16-13(22)7-14(26-19(16)9(2)18(8)25-4)10-5-12(21)15(24-3)6-11(10)20/h5-6,14,23H,7H2,1-4H3/t14-/m0/s1. The first-order valence-electron chi connectivity index (χ1n) is 7.96. The Labute approximate surface area is 149 Å². The Morgan fingerprint density at radius 1 is 1.04 bits per heavy atom. The number of carbonyl (C=O) groups is 3. The Morgan fingerprint density at radius 3 is 2.35 bits per heavy atom. The molecule has 0 unspecified atom stereocenters. The van der Waals surface area contributed by atoms with Gasteiger partial charge in [0.05, 0.1) is 20.6 Å². The topological polar surface area (TPSA) is 99.1 Å². The maximum atomic E-state index is 12.6. The molecule has 1 atom stereocenters. The lowest BCUT2D eigenvalue weighted by atomic mass is 9.88. The average Bonchev–Trinajstić information content (AvgIpc) is 2.61. The Bertz CT molecular complexity index is 905. The molecule has 0 amide bonds. The van der Waals surface area contributed by atoms with Gasteiger partial charge in [0.25, 0.3) is 0 Å². The maximum absolute atomic E-state index is 12.6. The number of phenolic OH excluding ortho intramolecular Hbond substituents is 1. The number of methoxy groups -OCH3 is 2. The molecular weight excluding hydrogens is 340 g/mol. The number of hydrogen-bond donors (Lipinski definition) is 1. The summed E-state index contributed by atoms with van der Waals surface area (Å²) in [7, 11) is 2.75. The molecule has 7 heteroatoms. The number of allylic oxidation sites excluding steroid dienone is 2. The minimum Gasteiger partial charge on any atom is -0.507 e. The van der Waals surface area contributed by atoms with Gasteiger partial charge in [-0.1, -0.05) is 0 Å². The van der Waals surface area contributed by atoms with Gasteiger partial charge in [0.15, 0.2) is 17.3 Å². The zero-order valence-electron chi connectivity index (χ0n) is 14.8. The summed E-state index contributed by atoms with van der Waals surface area (Å²) in [5.41, 5.74) is 1.13. The highest BCUT2D eigenvalue weighted by molar-refractivity contribution is 6.20. The van der Waals surface area contributed by atoms with E-state index in [4.69, 9.17) is 14.2 Å². The van der Waals surface area contributed by atoms with E-state index in [1.165, 1.54) is 14.2 Å². The fraction of sp³-hybridized carbons (Fsp3) is 0.316. The van der Waals surface area contributed by atoms with E-state index in [2.05, 4.69) is 0 Å². The molecule has 26 heavy (non-hydrogen) atoms. The van der Waals surface area contributed by atoms with Crippen molar-refractivity contribution >= 4 is 17.3 Å². The number of carbonyl (C=O) groups excluding carboxylic acids is 3. The molecule has 0 spiro atoms. The molecule has 0 saturated heterocycles. The van der Waals surface area contributed by atoms with Crippen molar-refractivity contribution in [2.45, 2.75) is 26.4 Å². The van der Waals surface area contributed by atoms with Gasteiger partial charge in [-0.15, -0.1) is 0 Å². The van der Waals surface area contributed by atoms with E-state index in [0.29, 0.717) is 16.9 Å². The molecule has 1 aliphatic carbocycles. The SMILES string of the molecule is COC1=CC(=O)C([C@@H]2CC(=O)c3c(O)c(C)c(OC)c(C)c3O2)=CC1=O. The smallest absolute Gasteiger partial charge is 0.221 e. The number of ketones is 3. The first kappa shape index (κ1) is 17.7. The van der Waals surface area contributed by atoms with Crippen LogP contribution in [-0.4, -0.2) is 42.8 Å². The van der Waals surface area contributed by atoms with Gasteiger partial charge < -0.3 is 19.3 Å². The average molecular weight is 358 g/mol. The highest BCUT2D eigenvalue weighted by atomic mass is 16.5. The fourth-order valence-electron chi connectivity index (χ4n) is 3.28. The largest absolute Gasteiger partial charge is 0.507 e. The van der Waals surface area contributed by atoms with Crippen LogP contribution in [0.5, 0.6) is 17.2 Å². The van der Waals surface area contributed by atoms with Crippen LogP contribution in [0, 0.1) is 13.8 Å². The zero-order valence-corrected chi connectivity index (χ0v) is 14.8. The molecule has 1 aromatic rings. The third-order valence-corrected chi connectivity index (χ3v) is 4.60. The van der Waals surface area contributed by atoms with Crippen LogP contribution in [0.25, 0.3) is 0 Å². The first-order chi connectivity index (χ1) is 12.3. The van der Waals surface area contributed by atoms with Gasteiger partial charge in [0.2, 0.25) is 5.78 Å². The Kier molecular flexibility index (Phi) is 4.31. The van der Waals surface area contributed by atoms with E-state index < -0.39 is 17.7 Å². The van der Waals surface area contributed by atoms with Gasteiger partial charge in [-0.2, -0.15) is 0 Å². The summed E-state index contributed by atoms with van der Waals surface area (Å²) in [5, 5.41) is 10.4. The molecule has 0 saturated carbocycles. The highest BCUT2D eigenvalue weighted by Crippen LogP contribution is 2.46. The Hall–Kier alpha value is -3.09. The van der Waals surface area contributed by atoms with Crippen LogP contribution in [0.1, 0.15) is 27.9 Å². The zero-order chi connectivity index (χ0) is 19.2. The van der Waals surface area contributed by atoms with Gasteiger partial charge in [0.1, 0.15) is 28.9 Å². The summed E-state index contributed by atoms with van der Waals surface area (Å²) in [6.07, 6.45) is 1.13. The van der Waals surface area contributed by atoms with E-state index in [1.807, 2.05) is 0 Å². The molecule has 1 N–H and O–H groups in total. The van der Waals surface area contributed by atoms with Crippen molar-refractivity contribution in [3.63, 3.8) is 0 Å². The van der Waals surface area contributed by atoms with Crippen LogP contribution in [0.15, 0.2) is 23.5 Å². The summed E-state index contributed by atoms with van der Waals surface area (Å²) in [5.74, 6) is -0.996. The second-order valence-electron chi connectivity index (χ2n) is 6.11. The van der Waals surface area contributed by atoms with Crippen molar-refractivity contribution in [3.8, 4) is 17.2 Å². The molecule has 136 valence electrons. The third kappa shape index (κ3) is 2.56. The summed E-state index contributed by atoms with van der Waals surface area (Å²) in [6, 6.07) is 0. The van der Waals surface area contributed by atoms with Crippen molar-refractivity contribution in [1.82, 2.24) is 0 Å². The molecule has 2 aliphatic rings. The van der Waals surface area contributed by atoms with E-state index in [9.17, 15) is 19.5 Å². The van der Waals surface area contributed by atoms with E-state index in [1.54, 1.807) is 13.8 Å². The lowest BCUT2D eigenvalue weighted by molar-refractivity contribution is -0.117. The quantitative estimate of drug-likeness (QED) is 0.825. The normalized spacial score (nSPS) is 19.4. The Morgan fingerprint density at radius 2 is 1.73 bits per heavy atom. The van der Waals surface area contributed by atoms with Crippen LogP contribution in [0.2, 0.25) is 0 Å². The van der Waals surface area contributed by atoms with Crippen LogP contribution < -0.4 is 9.47 Å². The third-order valence-electron chi connectivity index (χ3n) is 4.60. The second-order valence-corrected chi connectivity index (χ2v) is 6.11. The lowest BCUT2D eigenvalue weighted by Gasteiger charge is -2.30. The number of Topliss-reactive ketones (excluding diaryl/α,β-unsaturated/α-hetero) is 1. The van der Waals surface area contributed by atoms with Crippen molar-refractivity contribution in [2.75, 3.05) is 14.2 Å². The molecule has 0 bridgehead atoms. The van der Waals surface area contributed by atoms with Crippen LogP contribution in [0.4, 0.5) is 0 Å². The van der Waals surface area contributed by atoms with Crippen molar-refractivity contribution in [3.05, 3.63) is 40.2 Å². The van der Waals surface area contributed by atoms with Gasteiger partial charge in [-0.25, -0.2) is 0 Å². The molecule has 1 aliphatic heterocycles. The lowest BCUT2D eigenvalue weighted by Crippen LogP contribution is -2.34. The molecule has 1 aromatic carbocycles. The maximum Gasteiger partial charge on any atom is 0.221 e. The van der Waals surface area contributed by atoms with Gasteiger partial charge in [-0.3, -0.25) is 14.4 Å². The minimum atomic E-state index is -0.924. The number of fused-ring (bicyclic) bond motifs is 1. The minimum absolute atomic E-state index is 0.0626. The summed E-state index contributed by atoms with van der Waals surface area (Å²) >= 11 is 0. The van der Waals surface area contributed by atoms with Crippen LogP contribution >= 0.6 is 0 Å². The van der Waals surface area contributed by atoms with Crippen LogP contribution in [0.3, 0.4) is 0 Å². The first-order valence-corrected chi connectivity index (χ1v) is 7.96. The predicted molar refractivity (Wildman–Crippen MR) is 90.7 cm³/mol. The molecule has 0 fully saturated rings. The number of phenols is 1. The predicted octanol–water partition coefficient (Wildman–Crippen LogP) is 1.96. The second kappa shape index (κ2) is 6.33. The number of rotatable bonds is 3. The molecular formula is C19H18O7. The van der Waals surface area contributed by atoms with E-state index >= 15 is 0 Å². The fourth-order valence-corrected chi connectivity index (χ4v) is 3.28. The number of hydrogen-bond acceptors (Lipinski definition) is 7. The van der Waals surface area contributed by atoms with E-state index in [0.717, 1.165) is 12.2 Å². The number of aromatic hydroxyl groups is 1. The number of benzene rings is 1. The highest BCUT2D eigenvalue weighted by Gasteiger charge is 2.38. The van der Waals surface area contributed by atoms with Gasteiger partial charge in [-0.05, 0) is 13.8 Å². The van der Waals surface area contributed by atoms with Crippen molar-refractivity contribution in [2.24, 2.45) is 0 Å². The monoisotopic (exact) mass is 358 g/mol. The van der Waals surface area contributed by atoms with Crippen molar-refractivity contribution < 1.29 is 33.7 Å². The molecule has 0 aromatic heterocycles. The summed E-state index contributed by atoms with van der Waals surface area (Å²) in [4.78, 5) is 36.9. The molecule has 0 radical (unpaired) electrons. The molecule has 3 rings (SSSR count).